The molecule has 8 nitrogen and oxygen atoms in total. The summed E-state index contributed by atoms with van der Waals surface area (Å²) in [5, 5.41) is 15.3. The molecule has 0 aromatic carbocycles. The van der Waals surface area contributed by atoms with Crippen molar-refractivity contribution < 1.29 is 4.74 Å². The molecule has 26 heavy (non-hydrogen) atoms. The van der Waals surface area contributed by atoms with Gasteiger partial charge in [0.1, 0.15) is 10.7 Å². The molecule has 1 atom stereocenters. The van der Waals surface area contributed by atoms with Gasteiger partial charge >= 0.3 is 0 Å². The van der Waals surface area contributed by atoms with Gasteiger partial charge in [0.2, 0.25) is 5.95 Å². The summed E-state index contributed by atoms with van der Waals surface area (Å²) < 4.78 is 8.10. The van der Waals surface area contributed by atoms with Crippen LogP contribution in [-0.2, 0) is 0 Å². The van der Waals surface area contributed by atoms with E-state index in [4.69, 9.17) is 21.4 Å². The third kappa shape index (κ3) is 3.43. The molecule has 9 heteroatoms. The van der Waals surface area contributed by atoms with E-state index in [1.165, 1.54) is 0 Å². The smallest absolute Gasteiger partial charge is 0.257 e. The summed E-state index contributed by atoms with van der Waals surface area (Å²) in [6.07, 6.45) is 4.54. The van der Waals surface area contributed by atoms with E-state index in [0.29, 0.717) is 35.3 Å². The maximum absolute atomic E-state index is 6.22. The van der Waals surface area contributed by atoms with Gasteiger partial charge in [0.05, 0.1) is 24.5 Å². The van der Waals surface area contributed by atoms with Gasteiger partial charge in [-0.2, -0.15) is 4.98 Å². The fourth-order valence-corrected chi connectivity index (χ4v) is 3.57. The van der Waals surface area contributed by atoms with Crippen LogP contribution in [0.2, 0.25) is 5.02 Å². The fourth-order valence-electron chi connectivity index (χ4n) is 3.42. The van der Waals surface area contributed by atoms with Crippen LogP contribution in [0, 0.1) is 6.92 Å². The van der Waals surface area contributed by atoms with Crippen molar-refractivity contribution >= 4 is 29.1 Å². The quantitative estimate of drug-likeness (QED) is 0.704. The van der Waals surface area contributed by atoms with Crippen molar-refractivity contribution in [1.29, 1.82) is 0 Å². The lowest BCUT2D eigenvalue weighted by atomic mass is 10.1. The van der Waals surface area contributed by atoms with Gasteiger partial charge in [-0.1, -0.05) is 11.6 Å². The van der Waals surface area contributed by atoms with Crippen LogP contribution < -0.4 is 20.7 Å². The first-order chi connectivity index (χ1) is 12.6. The minimum Gasteiger partial charge on any atom is -0.475 e. The molecule has 0 spiro atoms. The second-order valence-corrected chi connectivity index (χ2v) is 7.30. The maximum Gasteiger partial charge on any atom is 0.257 e. The lowest BCUT2D eigenvalue weighted by Crippen LogP contribution is -2.30. The molecule has 4 rings (SSSR count). The van der Waals surface area contributed by atoms with Crippen LogP contribution >= 0.6 is 11.6 Å². The molecule has 140 valence electrons. The number of hydrogen-bond acceptors (Lipinski definition) is 7. The fraction of sp³-hybridized carbons (Fsp3) is 0.588. The number of fused-ring (bicyclic) bond motifs is 3. The van der Waals surface area contributed by atoms with Gasteiger partial charge in [-0.25, -0.2) is 4.98 Å². The predicted octanol–water partition coefficient (Wildman–Crippen LogP) is 2.89. The zero-order valence-electron chi connectivity index (χ0n) is 15.0. The standard InChI is InChI=1S/C17H24ClN7O/c1-10-5-8-26-16-14(22-17-20-9-13(18)15(21-10)23-17)11(2)25(24-16)12-3-6-19-7-4-12/h9-10,12,19H,3-8H2,1-2H3,(H2,20,21,22,23)/t10-/m1/s1. The van der Waals surface area contributed by atoms with Crippen LogP contribution in [0.25, 0.3) is 0 Å². The van der Waals surface area contributed by atoms with E-state index >= 15 is 0 Å². The molecule has 2 aliphatic heterocycles. The summed E-state index contributed by atoms with van der Waals surface area (Å²) >= 11 is 6.22. The normalized spacial score (nSPS) is 21.0. The van der Waals surface area contributed by atoms with Crippen LogP contribution in [0.3, 0.4) is 0 Å². The Balaban J connectivity index is 1.72. The Hall–Kier alpha value is -2.06. The van der Waals surface area contributed by atoms with E-state index in [9.17, 15) is 0 Å². The molecular formula is C17H24ClN7O. The largest absolute Gasteiger partial charge is 0.475 e. The van der Waals surface area contributed by atoms with E-state index < -0.39 is 0 Å². The van der Waals surface area contributed by atoms with Crippen LogP contribution in [-0.4, -0.2) is 45.5 Å². The van der Waals surface area contributed by atoms with Crippen LogP contribution in [0.1, 0.15) is 37.9 Å². The molecule has 1 fully saturated rings. The van der Waals surface area contributed by atoms with Gasteiger partial charge in [-0.05, 0) is 39.8 Å². The molecule has 0 radical (unpaired) electrons. The lowest BCUT2D eigenvalue weighted by molar-refractivity contribution is 0.279. The lowest BCUT2D eigenvalue weighted by Gasteiger charge is -2.24. The highest BCUT2D eigenvalue weighted by atomic mass is 35.5. The highest BCUT2D eigenvalue weighted by Crippen LogP contribution is 2.34. The van der Waals surface area contributed by atoms with Crippen molar-refractivity contribution in [2.24, 2.45) is 0 Å². The zero-order valence-corrected chi connectivity index (χ0v) is 15.8. The molecule has 4 heterocycles. The second-order valence-electron chi connectivity index (χ2n) is 6.89. The maximum atomic E-state index is 6.22. The summed E-state index contributed by atoms with van der Waals surface area (Å²) in [6.45, 7) is 6.71. The number of ether oxygens (including phenoxy) is 1. The Morgan fingerprint density at radius 3 is 2.88 bits per heavy atom. The van der Waals surface area contributed by atoms with E-state index in [1.54, 1.807) is 6.20 Å². The number of aromatic nitrogens is 4. The van der Waals surface area contributed by atoms with Crippen molar-refractivity contribution in [3.05, 3.63) is 16.9 Å². The molecule has 2 aromatic heterocycles. The predicted molar refractivity (Wildman–Crippen MR) is 102 cm³/mol. The van der Waals surface area contributed by atoms with Crippen LogP contribution in [0.4, 0.5) is 17.5 Å². The number of rotatable bonds is 1. The molecule has 0 unspecified atom stereocenters. The Kier molecular flexibility index (Phi) is 4.86. The van der Waals surface area contributed by atoms with Crippen molar-refractivity contribution in [1.82, 2.24) is 25.1 Å². The van der Waals surface area contributed by atoms with Crippen molar-refractivity contribution in [3.63, 3.8) is 0 Å². The average molecular weight is 378 g/mol. The summed E-state index contributed by atoms with van der Waals surface area (Å²) in [6, 6.07) is 0.550. The Bertz CT molecular complexity index is 788. The monoisotopic (exact) mass is 377 g/mol. The molecule has 0 amide bonds. The van der Waals surface area contributed by atoms with E-state index in [-0.39, 0.29) is 6.04 Å². The van der Waals surface area contributed by atoms with Gasteiger partial charge in [0.25, 0.3) is 5.88 Å². The summed E-state index contributed by atoms with van der Waals surface area (Å²) in [7, 11) is 0. The van der Waals surface area contributed by atoms with Gasteiger partial charge in [0.15, 0.2) is 5.82 Å². The Morgan fingerprint density at radius 1 is 1.27 bits per heavy atom. The topological polar surface area (TPSA) is 88.9 Å². The molecule has 3 N–H and O–H groups in total. The van der Waals surface area contributed by atoms with Crippen molar-refractivity contribution in [3.8, 4) is 5.88 Å². The molecular weight excluding hydrogens is 354 g/mol. The van der Waals surface area contributed by atoms with E-state index in [1.807, 2.05) is 0 Å². The number of nitrogens with zero attached hydrogens (tertiary/aromatic N) is 4. The molecule has 0 aliphatic carbocycles. The Morgan fingerprint density at radius 2 is 2.08 bits per heavy atom. The number of halogens is 1. The van der Waals surface area contributed by atoms with Gasteiger partial charge < -0.3 is 20.7 Å². The minimum atomic E-state index is 0.171. The first kappa shape index (κ1) is 17.4. The van der Waals surface area contributed by atoms with Crippen LogP contribution in [0.5, 0.6) is 5.88 Å². The van der Waals surface area contributed by atoms with Gasteiger partial charge in [0, 0.05) is 12.5 Å². The number of hydrogen-bond donors (Lipinski definition) is 3. The Labute approximate surface area is 157 Å². The number of nitrogens with one attached hydrogen (secondary N) is 3. The zero-order chi connectivity index (χ0) is 18.1. The van der Waals surface area contributed by atoms with Crippen molar-refractivity contribution in [2.75, 3.05) is 30.3 Å². The van der Waals surface area contributed by atoms with E-state index in [2.05, 4.69) is 44.4 Å². The summed E-state index contributed by atoms with van der Waals surface area (Å²) in [5.74, 6) is 1.71. The third-order valence-electron chi connectivity index (χ3n) is 4.93. The van der Waals surface area contributed by atoms with Gasteiger partial charge in [-0.3, -0.25) is 4.68 Å². The van der Waals surface area contributed by atoms with Gasteiger partial charge in [-0.15, -0.1) is 5.10 Å². The number of anilines is 3. The highest BCUT2D eigenvalue weighted by molar-refractivity contribution is 6.32. The minimum absolute atomic E-state index is 0.171. The third-order valence-corrected chi connectivity index (χ3v) is 5.20. The molecule has 1 saturated heterocycles. The average Bonchev–Trinajstić information content (AvgIpc) is 2.93. The SMILES string of the molecule is Cc1c2c(nn1C1CCNCC1)OCC[C@@H](C)Nc1nc(ncc1Cl)N2. The first-order valence-corrected chi connectivity index (χ1v) is 9.48. The van der Waals surface area contributed by atoms with Crippen molar-refractivity contribution in [2.45, 2.75) is 45.2 Å². The molecule has 2 aliphatic rings. The second kappa shape index (κ2) is 7.28. The van der Waals surface area contributed by atoms with E-state index in [0.717, 1.165) is 43.7 Å². The summed E-state index contributed by atoms with van der Waals surface area (Å²) in [5.41, 5.74) is 1.86. The molecule has 2 bridgehead atoms. The summed E-state index contributed by atoms with van der Waals surface area (Å²) in [4.78, 5) is 8.82. The first-order valence-electron chi connectivity index (χ1n) is 9.10. The van der Waals surface area contributed by atoms with Crippen LogP contribution in [0.15, 0.2) is 6.20 Å². The molecule has 2 aromatic rings. The molecule has 0 saturated carbocycles. The highest BCUT2D eigenvalue weighted by Gasteiger charge is 2.24. The number of piperidine rings is 1.